The van der Waals surface area contributed by atoms with E-state index in [1.807, 2.05) is 0 Å². The van der Waals surface area contributed by atoms with Crippen LogP contribution in [0, 0.1) is 0 Å². The van der Waals surface area contributed by atoms with Crippen LogP contribution in [-0.4, -0.2) is 19.7 Å². The highest BCUT2D eigenvalue weighted by Gasteiger charge is 2.41. The van der Waals surface area contributed by atoms with E-state index in [-0.39, 0.29) is 18.3 Å². The monoisotopic (exact) mass is 531 g/mol. The van der Waals surface area contributed by atoms with Gasteiger partial charge in [-0.05, 0) is 47.5 Å². The SMILES string of the molecule is FC(F)(F)c1cc(Cl)cc(-c2c(C(F)(F)F)nn(-c3ncccn3)c2NCc2ccc(Cl)cc2)c1. The van der Waals surface area contributed by atoms with Crippen molar-refractivity contribution in [2.24, 2.45) is 0 Å². The summed E-state index contributed by atoms with van der Waals surface area (Å²) in [5, 5.41) is 6.53. The summed E-state index contributed by atoms with van der Waals surface area (Å²) < 4.78 is 83.3. The molecular formula is C22H13Cl2F6N5. The van der Waals surface area contributed by atoms with Gasteiger partial charge in [0.1, 0.15) is 5.82 Å². The zero-order valence-corrected chi connectivity index (χ0v) is 18.8. The Labute approximate surface area is 204 Å². The van der Waals surface area contributed by atoms with Crippen LogP contribution in [0.4, 0.5) is 32.2 Å². The Hall–Kier alpha value is -3.31. The molecular weight excluding hydrogens is 519 g/mol. The number of nitrogens with one attached hydrogen (secondary N) is 1. The van der Waals surface area contributed by atoms with Crippen molar-refractivity contribution in [2.75, 3.05) is 5.32 Å². The van der Waals surface area contributed by atoms with E-state index in [0.29, 0.717) is 22.7 Å². The molecule has 2 aromatic carbocycles. The highest BCUT2D eigenvalue weighted by Crippen LogP contribution is 2.44. The summed E-state index contributed by atoms with van der Waals surface area (Å²) in [6.07, 6.45) is -7.28. The highest BCUT2D eigenvalue weighted by molar-refractivity contribution is 6.31. The van der Waals surface area contributed by atoms with Crippen LogP contribution < -0.4 is 5.32 Å². The van der Waals surface area contributed by atoms with Gasteiger partial charge in [-0.15, -0.1) is 0 Å². The van der Waals surface area contributed by atoms with Gasteiger partial charge in [-0.25, -0.2) is 9.97 Å². The fourth-order valence-electron chi connectivity index (χ4n) is 3.28. The van der Waals surface area contributed by atoms with Crippen LogP contribution in [0.5, 0.6) is 0 Å². The number of aromatic nitrogens is 4. The zero-order chi connectivity index (χ0) is 25.4. The van der Waals surface area contributed by atoms with Gasteiger partial charge in [-0.2, -0.15) is 36.1 Å². The lowest BCUT2D eigenvalue weighted by molar-refractivity contribution is -0.140. The fraction of sp³-hybridized carbons (Fsp3) is 0.136. The number of nitrogens with zero attached hydrogens (tertiary/aromatic N) is 4. The number of rotatable bonds is 5. The first-order chi connectivity index (χ1) is 16.4. The first-order valence-electron chi connectivity index (χ1n) is 9.77. The molecule has 0 spiro atoms. The quantitative estimate of drug-likeness (QED) is 0.275. The second-order valence-electron chi connectivity index (χ2n) is 7.24. The van der Waals surface area contributed by atoms with Gasteiger partial charge in [-0.1, -0.05) is 35.3 Å². The number of alkyl halides is 6. The highest BCUT2D eigenvalue weighted by atomic mass is 35.5. The average molecular weight is 532 g/mol. The second-order valence-corrected chi connectivity index (χ2v) is 8.11. The molecule has 1 N–H and O–H groups in total. The van der Waals surface area contributed by atoms with E-state index in [1.165, 1.54) is 18.5 Å². The number of halogens is 8. The summed E-state index contributed by atoms with van der Waals surface area (Å²) in [6.45, 7) is -0.00726. The zero-order valence-electron chi connectivity index (χ0n) is 17.3. The van der Waals surface area contributed by atoms with Gasteiger partial charge in [0, 0.05) is 29.0 Å². The molecule has 0 aliphatic heterocycles. The largest absolute Gasteiger partial charge is 0.435 e. The Balaban J connectivity index is 1.95. The topological polar surface area (TPSA) is 55.6 Å². The normalized spacial score (nSPS) is 12.1. The van der Waals surface area contributed by atoms with Crippen molar-refractivity contribution < 1.29 is 26.3 Å². The average Bonchev–Trinajstić information content (AvgIpc) is 3.18. The van der Waals surface area contributed by atoms with Crippen LogP contribution in [-0.2, 0) is 18.9 Å². The number of hydrogen-bond acceptors (Lipinski definition) is 4. The number of benzene rings is 2. The molecule has 0 saturated heterocycles. The maximum atomic E-state index is 14.1. The van der Waals surface area contributed by atoms with Gasteiger partial charge < -0.3 is 5.32 Å². The van der Waals surface area contributed by atoms with Crippen molar-refractivity contribution in [3.05, 3.63) is 87.8 Å². The van der Waals surface area contributed by atoms with Crippen LogP contribution in [0.2, 0.25) is 10.0 Å². The Morgan fingerprint density at radius 1 is 0.829 bits per heavy atom. The molecule has 0 amide bonds. The van der Waals surface area contributed by atoms with Crippen molar-refractivity contribution in [1.29, 1.82) is 0 Å². The molecule has 0 atom stereocenters. The molecule has 0 radical (unpaired) electrons. The molecule has 182 valence electrons. The van der Waals surface area contributed by atoms with Gasteiger partial charge >= 0.3 is 12.4 Å². The third-order valence-corrected chi connectivity index (χ3v) is 5.25. The van der Waals surface area contributed by atoms with Gasteiger partial charge in [0.05, 0.1) is 11.1 Å². The minimum absolute atomic E-state index is 0.00726. The van der Waals surface area contributed by atoms with Crippen LogP contribution in [0.25, 0.3) is 17.1 Å². The molecule has 13 heteroatoms. The van der Waals surface area contributed by atoms with Gasteiger partial charge in [0.25, 0.3) is 5.95 Å². The Morgan fingerprint density at radius 2 is 1.49 bits per heavy atom. The molecule has 0 aliphatic carbocycles. The molecule has 0 aliphatic rings. The third-order valence-electron chi connectivity index (χ3n) is 4.78. The van der Waals surface area contributed by atoms with Crippen molar-refractivity contribution in [2.45, 2.75) is 18.9 Å². The predicted octanol–water partition coefficient (Wildman–Crippen LogP) is 7.29. The van der Waals surface area contributed by atoms with E-state index in [2.05, 4.69) is 20.4 Å². The number of anilines is 1. The van der Waals surface area contributed by atoms with Crippen LogP contribution in [0.15, 0.2) is 60.9 Å². The van der Waals surface area contributed by atoms with E-state index in [0.717, 1.165) is 10.7 Å². The summed E-state index contributed by atoms with van der Waals surface area (Å²) in [5.41, 5.74) is -3.07. The first kappa shape index (κ1) is 24.8. The van der Waals surface area contributed by atoms with Crippen molar-refractivity contribution in [1.82, 2.24) is 19.7 Å². The summed E-state index contributed by atoms with van der Waals surface area (Å²) in [5.74, 6) is -0.491. The summed E-state index contributed by atoms with van der Waals surface area (Å²) in [7, 11) is 0. The van der Waals surface area contributed by atoms with E-state index < -0.39 is 39.8 Å². The molecule has 0 fully saturated rings. The lowest BCUT2D eigenvalue weighted by atomic mass is 10.0. The second kappa shape index (κ2) is 9.38. The number of hydrogen-bond donors (Lipinski definition) is 1. The van der Waals surface area contributed by atoms with Gasteiger partial charge in [-0.3, -0.25) is 0 Å². The van der Waals surface area contributed by atoms with E-state index in [1.54, 1.807) is 24.3 Å². The van der Waals surface area contributed by atoms with Crippen molar-refractivity contribution in [3.8, 4) is 17.1 Å². The fourth-order valence-corrected chi connectivity index (χ4v) is 3.65. The maximum Gasteiger partial charge on any atom is 0.435 e. The molecule has 2 aromatic heterocycles. The maximum absolute atomic E-state index is 14.1. The van der Waals surface area contributed by atoms with Gasteiger partial charge in [0.2, 0.25) is 0 Å². The van der Waals surface area contributed by atoms with Crippen molar-refractivity contribution in [3.63, 3.8) is 0 Å². The predicted molar refractivity (Wildman–Crippen MR) is 118 cm³/mol. The van der Waals surface area contributed by atoms with E-state index in [4.69, 9.17) is 23.2 Å². The first-order valence-corrected chi connectivity index (χ1v) is 10.5. The van der Waals surface area contributed by atoms with Gasteiger partial charge in [0.15, 0.2) is 5.69 Å². The molecule has 35 heavy (non-hydrogen) atoms. The Bertz CT molecular complexity index is 1340. The van der Waals surface area contributed by atoms with E-state index in [9.17, 15) is 26.3 Å². The lowest BCUT2D eigenvalue weighted by Gasteiger charge is -2.14. The summed E-state index contributed by atoms with van der Waals surface area (Å²) in [6, 6.07) is 10.1. The molecule has 0 bridgehead atoms. The molecule has 2 heterocycles. The third kappa shape index (κ3) is 5.51. The standard InChI is InChI=1S/C22H13Cl2F6N5/c23-15-4-2-12(3-5-15)11-33-19-17(13-8-14(21(25,26)27)10-16(24)9-13)18(22(28,29)30)34-35(19)20-31-6-1-7-32-20/h1-10,33H,11H2. The lowest BCUT2D eigenvalue weighted by Crippen LogP contribution is -2.10. The van der Waals surface area contributed by atoms with E-state index >= 15 is 0 Å². The Kier molecular flexibility index (Phi) is 6.65. The minimum Gasteiger partial charge on any atom is -0.365 e. The summed E-state index contributed by atoms with van der Waals surface area (Å²) >= 11 is 11.7. The smallest absolute Gasteiger partial charge is 0.365 e. The molecule has 0 saturated carbocycles. The molecule has 4 rings (SSSR count). The Morgan fingerprint density at radius 3 is 2.09 bits per heavy atom. The minimum atomic E-state index is -5.02. The molecule has 4 aromatic rings. The molecule has 5 nitrogen and oxygen atoms in total. The summed E-state index contributed by atoms with van der Waals surface area (Å²) in [4.78, 5) is 7.88. The molecule has 0 unspecified atom stereocenters. The van der Waals surface area contributed by atoms with Crippen LogP contribution in [0.3, 0.4) is 0 Å². The van der Waals surface area contributed by atoms with Crippen LogP contribution in [0.1, 0.15) is 16.8 Å². The van der Waals surface area contributed by atoms with Crippen molar-refractivity contribution >= 4 is 29.0 Å². The van der Waals surface area contributed by atoms with Crippen LogP contribution >= 0.6 is 23.2 Å².